The van der Waals surface area contributed by atoms with Crippen molar-refractivity contribution in [3.8, 4) is 11.8 Å². The van der Waals surface area contributed by atoms with E-state index in [1.54, 1.807) is 6.92 Å². The molecule has 0 aromatic carbocycles. The summed E-state index contributed by atoms with van der Waals surface area (Å²) in [5.41, 5.74) is 0. The van der Waals surface area contributed by atoms with Gasteiger partial charge in [-0.1, -0.05) is 5.92 Å². The minimum absolute atomic E-state index is 0.350. The van der Waals surface area contributed by atoms with E-state index in [2.05, 4.69) is 29.2 Å². The third-order valence-electron chi connectivity index (χ3n) is 0.433. The number of ether oxygens (including phenoxy) is 1. The van der Waals surface area contributed by atoms with Gasteiger partial charge in [0.2, 0.25) is 0 Å². The summed E-state index contributed by atoms with van der Waals surface area (Å²) in [4.78, 5) is 10.0. The van der Waals surface area contributed by atoms with Crippen molar-refractivity contribution in [1.29, 1.82) is 5.41 Å². The van der Waals surface area contributed by atoms with Crippen LogP contribution in [0.5, 0.6) is 0 Å². The molecule has 0 unspecified atom stereocenters. The van der Waals surface area contributed by atoms with Crippen molar-refractivity contribution in [3.63, 3.8) is 0 Å². The Hall–Kier alpha value is -0.950. The van der Waals surface area contributed by atoms with Gasteiger partial charge in [0.05, 0.1) is 12.6 Å². The normalized spacial score (nSPS) is 6.89. The van der Waals surface area contributed by atoms with Gasteiger partial charge in [-0.3, -0.25) is 5.41 Å². The predicted molar refractivity (Wildman–Crippen MR) is 37.8 cm³/mol. The van der Waals surface area contributed by atoms with Crippen LogP contribution in [0.15, 0.2) is 0 Å². The Morgan fingerprint density at radius 1 is 1.78 bits per heavy atom. The van der Waals surface area contributed by atoms with Crippen molar-refractivity contribution in [2.45, 2.75) is 6.92 Å². The summed E-state index contributed by atoms with van der Waals surface area (Å²) in [5, 5.41) is 6.07. The highest BCUT2D eigenvalue weighted by atomic mass is 32.1. The van der Waals surface area contributed by atoms with Crippen molar-refractivity contribution >= 4 is 23.8 Å². The molecule has 0 aromatic rings. The number of hydrogen-bond acceptors (Lipinski definition) is 3. The van der Waals surface area contributed by atoms with E-state index in [4.69, 9.17) is 5.41 Å². The second kappa shape index (κ2) is 3.98. The molecule has 0 aliphatic heterocycles. The molecule has 0 aliphatic carbocycles. The molecule has 0 atom stereocenters. The van der Waals surface area contributed by atoms with Crippen molar-refractivity contribution in [1.82, 2.24) is 0 Å². The molecule has 0 radical (unpaired) electrons. The van der Waals surface area contributed by atoms with Crippen LogP contribution in [0.3, 0.4) is 0 Å². The molecule has 0 heterocycles. The van der Waals surface area contributed by atoms with Crippen molar-refractivity contribution in [2.75, 3.05) is 0 Å². The lowest BCUT2D eigenvalue weighted by molar-refractivity contribution is 0.225. The van der Waals surface area contributed by atoms with Crippen LogP contribution in [-0.4, -0.2) is 11.2 Å². The second-order valence-electron chi connectivity index (χ2n) is 1.09. The molecule has 4 heteroatoms. The first-order valence-corrected chi connectivity index (χ1v) is 2.61. The van der Waals surface area contributed by atoms with Gasteiger partial charge in [0.25, 0.3) is 5.90 Å². The number of hydrogen-bond donors (Lipinski definition) is 1. The Labute approximate surface area is 58.3 Å². The van der Waals surface area contributed by atoms with Crippen molar-refractivity contribution in [3.05, 3.63) is 0 Å². The molecule has 0 fully saturated rings. The largest absolute Gasteiger partial charge is 0.527 e. The molecular weight excluding hydrogens is 138 g/mol. The van der Waals surface area contributed by atoms with Gasteiger partial charge in [-0.15, -0.1) is 0 Å². The summed E-state index contributed by atoms with van der Waals surface area (Å²) in [5.74, 6) is 4.29. The minimum Gasteiger partial charge on any atom is -0.360 e. The van der Waals surface area contributed by atoms with Gasteiger partial charge >= 0.3 is 5.30 Å². The van der Waals surface area contributed by atoms with Gasteiger partial charge in [0.15, 0.2) is 0 Å². The van der Waals surface area contributed by atoms with Crippen LogP contribution in [0.25, 0.3) is 0 Å². The van der Waals surface area contributed by atoms with Crippen molar-refractivity contribution in [2.24, 2.45) is 0 Å². The Kier molecular flexibility index (Phi) is 3.56. The summed E-state index contributed by atoms with van der Waals surface area (Å²) in [6, 6.07) is 0. The summed E-state index contributed by atoms with van der Waals surface area (Å²) in [7, 11) is 0. The van der Waals surface area contributed by atoms with Crippen LogP contribution >= 0.6 is 0 Å². The van der Waals surface area contributed by atoms with Gasteiger partial charge in [-0.25, -0.2) is 0 Å². The van der Waals surface area contributed by atoms with E-state index in [1.807, 2.05) is 0 Å². The van der Waals surface area contributed by atoms with E-state index in [9.17, 15) is 4.79 Å². The molecule has 3 nitrogen and oxygen atoms in total. The molecule has 9 heavy (non-hydrogen) atoms. The first-order chi connectivity index (χ1) is 4.16. The second-order valence-corrected chi connectivity index (χ2v) is 1.50. The minimum atomic E-state index is -0.706. The number of nitrogens with one attached hydrogen (secondary N) is 1. The number of carbonyl (C=O) groups excluding carboxylic acids is 1. The third kappa shape index (κ3) is 4.91. The lowest BCUT2D eigenvalue weighted by atomic mass is 10.6. The molecule has 0 saturated carbocycles. The van der Waals surface area contributed by atoms with Gasteiger partial charge in [-0.05, 0) is 12.8 Å². The molecular formula is C5H6NO2S+. The van der Waals surface area contributed by atoms with E-state index in [0.717, 1.165) is 0 Å². The Bertz CT molecular complexity index is 189. The molecule has 0 bridgehead atoms. The van der Waals surface area contributed by atoms with Crippen molar-refractivity contribution < 1.29 is 9.53 Å². The Morgan fingerprint density at radius 2 is 2.33 bits per heavy atom. The van der Waals surface area contributed by atoms with Crippen LogP contribution in [0.1, 0.15) is 6.92 Å². The fourth-order valence-electron chi connectivity index (χ4n) is 0.232. The lowest BCUT2D eigenvalue weighted by Gasteiger charge is -1.85. The Morgan fingerprint density at radius 3 is 2.67 bits per heavy atom. The van der Waals surface area contributed by atoms with Gasteiger partial charge in [0.1, 0.15) is 0 Å². The average Bonchev–Trinajstić information content (AvgIpc) is 1.63. The van der Waals surface area contributed by atoms with E-state index in [-0.39, 0.29) is 5.90 Å². The average molecular weight is 144 g/mol. The van der Waals surface area contributed by atoms with Crippen LogP contribution in [0, 0.1) is 17.3 Å². The van der Waals surface area contributed by atoms with E-state index in [1.165, 1.54) is 0 Å². The van der Waals surface area contributed by atoms with E-state index >= 15 is 0 Å². The number of rotatable bonds is 0. The highest BCUT2D eigenvalue weighted by molar-refractivity contribution is 7.76. The predicted octanol–water partition coefficient (Wildman–Crippen LogP) is 0.135. The molecule has 1 N–H and O–H groups in total. The van der Waals surface area contributed by atoms with E-state index < -0.39 is 5.30 Å². The molecule has 0 rings (SSSR count). The fourth-order valence-corrected chi connectivity index (χ4v) is 0.334. The summed E-state index contributed by atoms with van der Waals surface area (Å²) in [6.07, 6.45) is 0. The van der Waals surface area contributed by atoms with E-state index in [0.29, 0.717) is 0 Å². The molecule has 0 aliphatic rings. The molecule has 0 amide bonds. The quantitative estimate of drug-likeness (QED) is 0.173. The monoisotopic (exact) mass is 144 g/mol. The van der Waals surface area contributed by atoms with Crippen LogP contribution in [0.2, 0.25) is 0 Å². The maximum Gasteiger partial charge on any atom is 0.527 e. The van der Waals surface area contributed by atoms with Gasteiger partial charge in [-0.2, -0.15) is 4.79 Å². The van der Waals surface area contributed by atoms with Crippen LogP contribution < -0.4 is 0 Å². The maximum atomic E-state index is 10.0. The lowest BCUT2D eigenvalue weighted by Crippen LogP contribution is -2.03. The molecule has 48 valence electrons. The summed E-state index contributed by atoms with van der Waals surface area (Å²) < 4.78 is 4.17. The zero-order valence-corrected chi connectivity index (χ0v) is 5.82. The Balaban J connectivity index is 3.74. The zero-order chi connectivity index (χ0) is 7.28. The first kappa shape index (κ1) is 8.05. The van der Waals surface area contributed by atoms with Gasteiger partial charge in [0, 0.05) is 0 Å². The van der Waals surface area contributed by atoms with Gasteiger partial charge < -0.3 is 4.74 Å². The smallest absolute Gasteiger partial charge is 0.360 e. The topological polar surface area (TPSA) is 50.1 Å². The third-order valence-corrected chi connectivity index (χ3v) is 0.535. The molecule has 0 saturated heterocycles. The summed E-state index contributed by atoms with van der Waals surface area (Å²) in [6.45, 7) is 1.55. The number of carbonyl (C=O) groups is 1. The molecule has 0 aromatic heterocycles. The zero-order valence-electron chi connectivity index (χ0n) is 4.82. The van der Waals surface area contributed by atoms with Crippen LogP contribution in [-0.2, 0) is 17.4 Å². The highest BCUT2D eigenvalue weighted by Gasteiger charge is 2.02. The van der Waals surface area contributed by atoms with Crippen LogP contribution in [0.4, 0.5) is 4.79 Å². The molecule has 0 spiro atoms. The first-order valence-electron chi connectivity index (χ1n) is 2.11. The maximum absolute atomic E-state index is 10.0. The highest BCUT2D eigenvalue weighted by Crippen LogP contribution is 1.78. The fraction of sp³-hybridized carbons (Fsp3) is 0.200. The SMILES string of the molecule is CC#CC(=N)OC(=O)[SH2+]. The standard InChI is InChI=1S/C5H5NO2S/c1-2-3-4(6)8-5(7)9/h6H,1H3,(H,7,9)/p+1. The summed E-state index contributed by atoms with van der Waals surface area (Å²) >= 11 is 2.52.